The minimum absolute atomic E-state index is 0.0394. The van der Waals surface area contributed by atoms with Gasteiger partial charge in [-0.15, -0.1) is 11.3 Å². The number of carboxylic acids is 1. The van der Waals surface area contributed by atoms with Crippen molar-refractivity contribution in [2.75, 3.05) is 13.2 Å². The molecule has 3 rings (SSSR count). The van der Waals surface area contributed by atoms with Crippen LogP contribution in [0.2, 0.25) is 0 Å². The number of para-hydroxylation sites is 1. The summed E-state index contributed by atoms with van der Waals surface area (Å²) in [5.74, 6) is 0.419. The number of aromatic nitrogens is 1. The number of aromatic carboxylic acids is 1. The van der Waals surface area contributed by atoms with Gasteiger partial charge in [0.1, 0.15) is 29.7 Å². The maximum absolute atomic E-state index is 11.0. The van der Waals surface area contributed by atoms with Gasteiger partial charge in [-0.05, 0) is 31.2 Å². The lowest BCUT2D eigenvalue weighted by Crippen LogP contribution is -2.09. The van der Waals surface area contributed by atoms with Gasteiger partial charge in [0, 0.05) is 5.38 Å². The Morgan fingerprint density at radius 2 is 1.80 bits per heavy atom. The number of thiazole rings is 1. The lowest BCUT2D eigenvalue weighted by atomic mass is 10.2. The first-order chi connectivity index (χ1) is 12.1. The van der Waals surface area contributed by atoms with Crippen LogP contribution in [0.5, 0.6) is 11.5 Å². The van der Waals surface area contributed by atoms with Crippen LogP contribution < -0.4 is 9.47 Å². The van der Waals surface area contributed by atoms with E-state index in [0.717, 1.165) is 11.3 Å². The summed E-state index contributed by atoms with van der Waals surface area (Å²) in [4.78, 5) is 15.1. The zero-order valence-electron chi connectivity index (χ0n) is 13.6. The first-order valence-corrected chi connectivity index (χ1v) is 8.62. The third kappa shape index (κ3) is 4.36. The van der Waals surface area contributed by atoms with E-state index in [0.29, 0.717) is 24.0 Å². The summed E-state index contributed by atoms with van der Waals surface area (Å²) in [6.07, 6.45) is 0. The molecule has 0 unspecified atom stereocenters. The largest absolute Gasteiger partial charge is 0.490 e. The summed E-state index contributed by atoms with van der Waals surface area (Å²) in [7, 11) is 0. The van der Waals surface area contributed by atoms with Crippen molar-refractivity contribution >= 4 is 17.3 Å². The highest BCUT2D eigenvalue weighted by atomic mass is 32.1. The predicted octanol–water partition coefficient (Wildman–Crippen LogP) is 4.27. The number of ether oxygens (including phenoxy) is 2. The monoisotopic (exact) mass is 355 g/mol. The average molecular weight is 355 g/mol. The lowest BCUT2D eigenvalue weighted by molar-refractivity contribution is 0.0691. The molecular formula is C19H17NO4S. The highest BCUT2D eigenvalue weighted by Crippen LogP contribution is 2.32. The van der Waals surface area contributed by atoms with Crippen LogP contribution in [0.4, 0.5) is 0 Å². The van der Waals surface area contributed by atoms with Crippen LogP contribution in [0.3, 0.4) is 0 Å². The van der Waals surface area contributed by atoms with Gasteiger partial charge in [-0.3, -0.25) is 0 Å². The summed E-state index contributed by atoms with van der Waals surface area (Å²) in [6.45, 7) is 2.82. The first kappa shape index (κ1) is 17.0. The molecule has 0 saturated heterocycles. The number of carboxylic acid groups (broad SMARTS) is 1. The van der Waals surface area contributed by atoms with Crippen molar-refractivity contribution in [3.63, 3.8) is 0 Å². The molecule has 0 aliphatic carbocycles. The van der Waals surface area contributed by atoms with Gasteiger partial charge in [0.05, 0.1) is 5.56 Å². The molecular weight excluding hydrogens is 338 g/mol. The average Bonchev–Trinajstić information content (AvgIpc) is 3.11. The van der Waals surface area contributed by atoms with Gasteiger partial charge < -0.3 is 14.6 Å². The molecule has 2 aromatic carbocycles. The summed E-state index contributed by atoms with van der Waals surface area (Å²) in [5, 5.41) is 11.2. The van der Waals surface area contributed by atoms with Crippen LogP contribution in [0.1, 0.15) is 16.1 Å². The van der Waals surface area contributed by atoms with E-state index in [9.17, 15) is 4.79 Å². The molecule has 0 atom stereocenters. The molecule has 0 saturated carbocycles. The molecule has 0 fully saturated rings. The van der Waals surface area contributed by atoms with Crippen molar-refractivity contribution < 1.29 is 19.4 Å². The maximum Gasteiger partial charge on any atom is 0.355 e. The second-order valence-corrected chi connectivity index (χ2v) is 6.21. The van der Waals surface area contributed by atoms with Crippen molar-refractivity contribution in [2.24, 2.45) is 0 Å². The van der Waals surface area contributed by atoms with Crippen molar-refractivity contribution in [1.29, 1.82) is 0 Å². The second-order valence-electron chi connectivity index (χ2n) is 5.35. The molecule has 1 N–H and O–H groups in total. The molecule has 3 aromatic rings. The van der Waals surface area contributed by atoms with Crippen LogP contribution in [0, 0.1) is 6.92 Å². The molecule has 5 nitrogen and oxygen atoms in total. The minimum Gasteiger partial charge on any atom is -0.490 e. The van der Waals surface area contributed by atoms with Gasteiger partial charge in [0.2, 0.25) is 0 Å². The standard InChI is InChI=1S/C19H17NO4S/c1-13-6-8-14(9-7-13)23-10-11-24-17-5-3-2-4-15(17)18-20-16(12-25-18)19(21)22/h2-9,12H,10-11H2,1H3,(H,21,22). The molecule has 0 aliphatic heterocycles. The van der Waals surface area contributed by atoms with Crippen LogP contribution in [-0.4, -0.2) is 29.3 Å². The molecule has 1 aromatic heterocycles. The van der Waals surface area contributed by atoms with Crippen molar-refractivity contribution in [1.82, 2.24) is 4.98 Å². The minimum atomic E-state index is -1.03. The predicted molar refractivity (Wildman–Crippen MR) is 96.7 cm³/mol. The normalized spacial score (nSPS) is 10.4. The van der Waals surface area contributed by atoms with E-state index < -0.39 is 5.97 Å². The Labute approximate surface area is 149 Å². The Kier molecular flexibility index (Phi) is 5.30. The van der Waals surface area contributed by atoms with Crippen molar-refractivity contribution in [3.8, 4) is 22.1 Å². The van der Waals surface area contributed by atoms with Gasteiger partial charge in [-0.2, -0.15) is 0 Å². The Bertz CT molecular complexity index is 858. The fourth-order valence-electron chi connectivity index (χ4n) is 2.21. The van der Waals surface area contributed by atoms with Crippen LogP contribution >= 0.6 is 11.3 Å². The zero-order chi connectivity index (χ0) is 17.6. The Hall–Kier alpha value is -2.86. The van der Waals surface area contributed by atoms with Crippen molar-refractivity contribution in [3.05, 3.63) is 65.2 Å². The third-order valence-electron chi connectivity index (χ3n) is 3.47. The molecule has 128 valence electrons. The smallest absolute Gasteiger partial charge is 0.355 e. The molecule has 0 spiro atoms. The SMILES string of the molecule is Cc1ccc(OCCOc2ccccc2-c2nc(C(=O)O)cs2)cc1. The second kappa shape index (κ2) is 7.81. The maximum atomic E-state index is 11.0. The van der Waals surface area contributed by atoms with Crippen LogP contribution in [0.15, 0.2) is 53.9 Å². The molecule has 0 amide bonds. The Morgan fingerprint density at radius 3 is 2.52 bits per heavy atom. The number of hydrogen-bond donors (Lipinski definition) is 1. The highest BCUT2D eigenvalue weighted by molar-refractivity contribution is 7.13. The Balaban J connectivity index is 1.62. The van der Waals surface area contributed by atoms with E-state index in [1.54, 1.807) is 0 Å². The molecule has 25 heavy (non-hydrogen) atoms. The molecule has 6 heteroatoms. The number of hydrogen-bond acceptors (Lipinski definition) is 5. The van der Waals surface area contributed by atoms with E-state index in [-0.39, 0.29) is 5.69 Å². The molecule has 0 aliphatic rings. The van der Waals surface area contributed by atoms with E-state index in [4.69, 9.17) is 14.6 Å². The van der Waals surface area contributed by atoms with Crippen molar-refractivity contribution in [2.45, 2.75) is 6.92 Å². The highest BCUT2D eigenvalue weighted by Gasteiger charge is 2.13. The van der Waals surface area contributed by atoms with Gasteiger partial charge in [-0.25, -0.2) is 9.78 Å². The Morgan fingerprint density at radius 1 is 1.08 bits per heavy atom. The quantitative estimate of drug-likeness (QED) is 0.641. The van der Waals surface area contributed by atoms with E-state index in [1.807, 2.05) is 55.5 Å². The van der Waals surface area contributed by atoms with E-state index in [2.05, 4.69) is 4.98 Å². The topological polar surface area (TPSA) is 68.7 Å². The summed E-state index contributed by atoms with van der Waals surface area (Å²) in [5.41, 5.74) is 1.99. The first-order valence-electron chi connectivity index (χ1n) is 7.74. The number of carbonyl (C=O) groups is 1. The van der Waals surface area contributed by atoms with Gasteiger partial charge in [0.25, 0.3) is 0 Å². The number of benzene rings is 2. The number of nitrogens with zero attached hydrogens (tertiary/aromatic N) is 1. The van der Waals surface area contributed by atoms with E-state index >= 15 is 0 Å². The lowest BCUT2D eigenvalue weighted by Gasteiger charge is -2.11. The summed E-state index contributed by atoms with van der Waals surface area (Å²) >= 11 is 1.28. The number of rotatable bonds is 7. The molecule has 0 bridgehead atoms. The van der Waals surface area contributed by atoms with Crippen LogP contribution in [-0.2, 0) is 0 Å². The summed E-state index contributed by atoms with van der Waals surface area (Å²) < 4.78 is 11.4. The van der Waals surface area contributed by atoms with Gasteiger partial charge in [-0.1, -0.05) is 29.8 Å². The summed E-state index contributed by atoms with van der Waals surface area (Å²) in [6, 6.07) is 15.3. The van der Waals surface area contributed by atoms with Gasteiger partial charge >= 0.3 is 5.97 Å². The zero-order valence-corrected chi connectivity index (χ0v) is 14.5. The fraction of sp³-hybridized carbons (Fsp3) is 0.158. The molecule has 0 radical (unpaired) electrons. The third-order valence-corrected chi connectivity index (χ3v) is 4.35. The molecule has 1 heterocycles. The van der Waals surface area contributed by atoms with Gasteiger partial charge in [0.15, 0.2) is 5.69 Å². The van der Waals surface area contributed by atoms with Crippen LogP contribution in [0.25, 0.3) is 10.6 Å². The number of aryl methyl sites for hydroxylation is 1. The fourth-order valence-corrected chi connectivity index (χ4v) is 3.03. The van der Waals surface area contributed by atoms with E-state index in [1.165, 1.54) is 22.3 Å².